The normalized spacial score (nSPS) is 24.4. The standard InChI is InChI=1S/C8H12N2O/c1-7(11)10-5-3-2-4-8(10)6-9/h8H,2-5H2,1H3. The Kier molecular flexibility index (Phi) is 2.48. The summed E-state index contributed by atoms with van der Waals surface area (Å²) in [6.45, 7) is 2.28. The highest BCUT2D eigenvalue weighted by atomic mass is 16.2. The van der Waals surface area contributed by atoms with Crippen molar-refractivity contribution in [3.8, 4) is 6.07 Å². The van der Waals surface area contributed by atoms with Gasteiger partial charge in [-0.15, -0.1) is 0 Å². The number of carbonyl (C=O) groups excluding carboxylic acids is 1. The molecule has 0 bridgehead atoms. The maximum atomic E-state index is 10.9. The van der Waals surface area contributed by atoms with Crippen molar-refractivity contribution in [2.24, 2.45) is 0 Å². The van der Waals surface area contributed by atoms with Gasteiger partial charge in [-0.3, -0.25) is 4.79 Å². The van der Waals surface area contributed by atoms with E-state index in [-0.39, 0.29) is 11.9 Å². The van der Waals surface area contributed by atoms with Gasteiger partial charge in [0.05, 0.1) is 6.07 Å². The number of rotatable bonds is 0. The molecular weight excluding hydrogens is 140 g/mol. The smallest absolute Gasteiger partial charge is 0.220 e. The zero-order valence-corrected chi connectivity index (χ0v) is 6.71. The molecular formula is C8H12N2O. The second-order valence-corrected chi connectivity index (χ2v) is 2.85. The Balaban J connectivity index is 2.60. The summed E-state index contributed by atoms with van der Waals surface area (Å²) in [5.41, 5.74) is 0. The van der Waals surface area contributed by atoms with E-state index in [1.54, 1.807) is 4.90 Å². The molecule has 0 aromatic carbocycles. The molecule has 3 nitrogen and oxygen atoms in total. The molecule has 0 aliphatic carbocycles. The number of nitrogens with zero attached hydrogens (tertiary/aromatic N) is 2. The van der Waals surface area contributed by atoms with Crippen molar-refractivity contribution in [1.29, 1.82) is 5.26 Å². The number of likely N-dealkylation sites (tertiary alicyclic amines) is 1. The highest BCUT2D eigenvalue weighted by Crippen LogP contribution is 2.15. The molecule has 1 rings (SSSR count). The topological polar surface area (TPSA) is 44.1 Å². The number of hydrogen-bond donors (Lipinski definition) is 0. The number of hydrogen-bond acceptors (Lipinski definition) is 2. The summed E-state index contributed by atoms with van der Waals surface area (Å²) < 4.78 is 0. The molecule has 3 heteroatoms. The van der Waals surface area contributed by atoms with Crippen molar-refractivity contribution in [1.82, 2.24) is 4.90 Å². The second kappa shape index (κ2) is 3.38. The van der Waals surface area contributed by atoms with Gasteiger partial charge in [0.25, 0.3) is 0 Å². The van der Waals surface area contributed by atoms with Crippen molar-refractivity contribution in [3.63, 3.8) is 0 Å². The minimum atomic E-state index is -0.166. The van der Waals surface area contributed by atoms with Crippen LogP contribution in [0.4, 0.5) is 0 Å². The van der Waals surface area contributed by atoms with Gasteiger partial charge in [-0.2, -0.15) is 5.26 Å². The van der Waals surface area contributed by atoms with Gasteiger partial charge in [0, 0.05) is 13.5 Å². The van der Waals surface area contributed by atoms with Crippen LogP contribution < -0.4 is 0 Å². The molecule has 0 spiro atoms. The van der Waals surface area contributed by atoms with E-state index in [2.05, 4.69) is 6.07 Å². The van der Waals surface area contributed by atoms with Gasteiger partial charge < -0.3 is 4.90 Å². The lowest BCUT2D eigenvalue weighted by Gasteiger charge is -2.30. The van der Waals surface area contributed by atoms with Crippen LogP contribution >= 0.6 is 0 Å². The largest absolute Gasteiger partial charge is 0.327 e. The third-order valence-electron chi connectivity index (χ3n) is 2.06. The number of carbonyl (C=O) groups is 1. The zero-order valence-electron chi connectivity index (χ0n) is 6.71. The molecule has 0 saturated carbocycles. The van der Waals surface area contributed by atoms with Gasteiger partial charge in [-0.25, -0.2) is 0 Å². The number of piperidine rings is 1. The highest BCUT2D eigenvalue weighted by molar-refractivity contribution is 5.74. The van der Waals surface area contributed by atoms with Crippen LogP contribution in [0.15, 0.2) is 0 Å². The first kappa shape index (κ1) is 8.06. The van der Waals surface area contributed by atoms with Crippen LogP contribution in [0.2, 0.25) is 0 Å². The molecule has 1 fully saturated rings. The van der Waals surface area contributed by atoms with Crippen LogP contribution in [0.5, 0.6) is 0 Å². The van der Waals surface area contributed by atoms with Gasteiger partial charge in [-0.05, 0) is 19.3 Å². The van der Waals surface area contributed by atoms with Gasteiger partial charge in [0.2, 0.25) is 5.91 Å². The monoisotopic (exact) mass is 152 g/mol. The highest BCUT2D eigenvalue weighted by Gasteiger charge is 2.23. The summed E-state index contributed by atoms with van der Waals surface area (Å²) in [6.07, 6.45) is 2.95. The Labute approximate surface area is 66.6 Å². The maximum absolute atomic E-state index is 10.9. The van der Waals surface area contributed by atoms with Crippen LogP contribution in [-0.4, -0.2) is 23.4 Å². The fourth-order valence-electron chi connectivity index (χ4n) is 1.44. The fourth-order valence-corrected chi connectivity index (χ4v) is 1.44. The molecule has 1 aliphatic heterocycles. The van der Waals surface area contributed by atoms with Crippen molar-refractivity contribution in [2.75, 3.05) is 6.54 Å². The van der Waals surface area contributed by atoms with Crippen LogP contribution in [0.25, 0.3) is 0 Å². The van der Waals surface area contributed by atoms with E-state index in [1.165, 1.54) is 6.92 Å². The summed E-state index contributed by atoms with van der Waals surface area (Å²) in [7, 11) is 0. The maximum Gasteiger partial charge on any atom is 0.220 e. The predicted octanol–water partition coefficient (Wildman–Crippen LogP) is 0.911. The van der Waals surface area contributed by atoms with Gasteiger partial charge in [0.1, 0.15) is 6.04 Å². The summed E-state index contributed by atoms with van der Waals surface area (Å²) in [5, 5.41) is 8.67. The Morgan fingerprint density at radius 3 is 2.82 bits per heavy atom. The molecule has 0 aromatic rings. The lowest BCUT2D eigenvalue weighted by molar-refractivity contribution is -0.131. The first-order chi connectivity index (χ1) is 5.25. The number of amides is 1. The average Bonchev–Trinajstić information content (AvgIpc) is 2.04. The third kappa shape index (κ3) is 1.70. The minimum absolute atomic E-state index is 0.0243. The van der Waals surface area contributed by atoms with E-state index in [4.69, 9.17) is 5.26 Å². The quantitative estimate of drug-likeness (QED) is 0.518. The predicted molar refractivity (Wildman–Crippen MR) is 40.6 cm³/mol. The van der Waals surface area contributed by atoms with Crippen molar-refractivity contribution in [2.45, 2.75) is 32.2 Å². The zero-order chi connectivity index (χ0) is 8.27. The van der Waals surface area contributed by atoms with Gasteiger partial charge in [-0.1, -0.05) is 0 Å². The number of nitriles is 1. The second-order valence-electron chi connectivity index (χ2n) is 2.85. The molecule has 0 aromatic heterocycles. The molecule has 1 atom stereocenters. The summed E-state index contributed by atoms with van der Waals surface area (Å²) in [4.78, 5) is 12.6. The third-order valence-corrected chi connectivity index (χ3v) is 2.06. The van der Waals surface area contributed by atoms with E-state index in [9.17, 15) is 4.79 Å². The molecule has 60 valence electrons. The summed E-state index contributed by atoms with van der Waals surface area (Å²) >= 11 is 0. The Hall–Kier alpha value is -1.04. The van der Waals surface area contributed by atoms with Gasteiger partial charge in [0.15, 0.2) is 0 Å². The molecule has 1 unspecified atom stereocenters. The van der Waals surface area contributed by atoms with Crippen LogP contribution in [0, 0.1) is 11.3 Å². The lowest BCUT2D eigenvalue weighted by atomic mass is 10.0. The Morgan fingerprint density at radius 1 is 1.64 bits per heavy atom. The molecule has 1 amide bonds. The van der Waals surface area contributed by atoms with E-state index < -0.39 is 0 Å². The van der Waals surface area contributed by atoms with Crippen LogP contribution in [-0.2, 0) is 4.79 Å². The first-order valence-corrected chi connectivity index (χ1v) is 3.92. The minimum Gasteiger partial charge on any atom is -0.327 e. The van der Waals surface area contributed by atoms with Gasteiger partial charge >= 0.3 is 0 Å². The molecule has 1 heterocycles. The summed E-state index contributed by atoms with van der Waals surface area (Å²) in [5.74, 6) is 0.0243. The van der Waals surface area contributed by atoms with E-state index >= 15 is 0 Å². The van der Waals surface area contributed by atoms with E-state index in [0.717, 1.165) is 25.8 Å². The molecule has 0 N–H and O–H groups in total. The molecule has 1 saturated heterocycles. The molecule has 1 aliphatic rings. The van der Waals surface area contributed by atoms with Crippen LogP contribution in [0.3, 0.4) is 0 Å². The fraction of sp³-hybridized carbons (Fsp3) is 0.750. The Morgan fingerprint density at radius 2 is 2.36 bits per heavy atom. The van der Waals surface area contributed by atoms with Crippen molar-refractivity contribution >= 4 is 5.91 Å². The SMILES string of the molecule is CC(=O)N1CCCCC1C#N. The first-order valence-electron chi connectivity index (χ1n) is 3.92. The van der Waals surface area contributed by atoms with Crippen molar-refractivity contribution in [3.05, 3.63) is 0 Å². The van der Waals surface area contributed by atoms with Crippen molar-refractivity contribution < 1.29 is 4.79 Å². The summed E-state index contributed by atoms with van der Waals surface area (Å²) in [6, 6.07) is 1.97. The Bertz CT molecular complexity index is 195. The lowest BCUT2D eigenvalue weighted by Crippen LogP contribution is -2.41. The molecule has 11 heavy (non-hydrogen) atoms. The average molecular weight is 152 g/mol. The van der Waals surface area contributed by atoms with Crippen LogP contribution in [0.1, 0.15) is 26.2 Å². The van der Waals surface area contributed by atoms with E-state index in [0.29, 0.717) is 0 Å². The van der Waals surface area contributed by atoms with E-state index in [1.807, 2.05) is 0 Å². The molecule has 0 radical (unpaired) electrons.